The maximum absolute atomic E-state index is 13.8. The molecule has 0 fully saturated rings. The van der Waals surface area contributed by atoms with Gasteiger partial charge in [-0.15, -0.1) is 0 Å². The van der Waals surface area contributed by atoms with Gasteiger partial charge in [0.25, 0.3) is 0 Å². The van der Waals surface area contributed by atoms with Gasteiger partial charge in [0.05, 0.1) is 15.7 Å². The number of benzene rings is 1. The molecule has 1 rings (SSSR count). The van der Waals surface area contributed by atoms with Gasteiger partial charge in [0.15, 0.2) is 5.82 Å². The summed E-state index contributed by atoms with van der Waals surface area (Å²) in [6, 6.07) is 5.11. The third kappa shape index (κ3) is 3.69. The first-order valence-corrected chi connectivity index (χ1v) is 6.20. The van der Waals surface area contributed by atoms with Crippen LogP contribution in [0, 0.1) is 17.1 Å². The maximum Gasteiger partial charge on any atom is 0.161 e. The fourth-order valence-corrected chi connectivity index (χ4v) is 1.75. The summed E-state index contributed by atoms with van der Waals surface area (Å²) < 4.78 is 14.0. The Labute approximate surface area is 109 Å². The normalized spacial score (nSPS) is 10.4. The fraction of sp³-hybridized carbons (Fsp3) is 0.417. The number of nitrogens with one attached hydrogen (secondary N) is 1. The predicted molar refractivity (Wildman–Crippen MR) is 70.5 cm³/mol. The molecule has 0 aromatic heterocycles. The summed E-state index contributed by atoms with van der Waals surface area (Å²) in [5.74, 6) is -0.414. The van der Waals surface area contributed by atoms with Crippen LogP contribution in [0.15, 0.2) is 16.6 Å². The van der Waals surface area contributed by atoms with Gasteiger partial charge in [-0.05, 0) is 41.7 Å². The third-order valence-electron chi connectivity index (χ3n) is 2.55. The van der Waals surface area contributed by atoms with Crippen LogP contribution in [0.2, 0.25) is 0 Å². The van der Waals surface area contributed by atoms with E-state index in [2.05, 4.69) is 33.1 Å². The lowest BCUT2D eigenvalue weighted by molar-refractivity contribution is 0.367. The molecule has 0 spiro atoms. The number of anilines is 1. The Bertz CT molecular complexity index is 428. The lowest BCUT2D eigenvalue weighted by Crippen LogP contribution is -2.24. The van der Waals surface area contributed by atoms with Crippen molar-refractivity contribution < 1.29 is 4.39 Å². The highest BCUT2D eigenvalue weighted by Crippen LogP contribution is 2.26. The number of rotatable bonds is 5. The van der Waals surface area contributed by atoms with Crippen molar-refractivity contribution in [2.45, 2.75) is 6.92 Å². The van der Waals surface area contributed by atoms with Crippen molar-refractivity contribution in [1.82, 2.24) is 4.90 Å². The highest BCUT2D eigenvalue weighted by atomic mass is 79.9. The molecular formula is C12H15BrFN3. The average molecular weight is 300 g/mol. The molecule has 1 N–H and O–H groups in total. The number of likely N-dealkylation sites (N-methyl/N-ethyl adjacent to an activating group) is 1. The van der Waals surface area contributed by atoms with Crippen LogP contribution in [0.3, 0.4) is 0 Å². The molecule has 1 aromatic rings. The van der Waals surface area contributed by atoms with E-state index in [1.807, 2.05) is 13.1 Å². The second-order valence-corrected chi connectivity index (χ2v) is 4.52. The smallest absolute Gasteiger partial charge is 0.161 e. The summed E-state index contributed by atoms with van der Waals surface area (Å²) in [7, 11) is 2.01. The van der Waals surface area contributed by atoms with Gasteiger partial charge < -0.3 is 10.2 Å². The zero-order chi connectivity index (χ0) is 12.8. The lowest BCUT2D eigenvalue weighted by Gasteiger charge is -2.15. The quantitative estimate of drug-likeness (QED) is 0.909. The van der Waals surface area contributed by atoms with Crippen molar-refractivity contribution in [3.8, 4) is 6.07 Å². The van der Waals surface area contributed by atoms with E-state index in [1.165, 1.54) is 0 Å². The van der Waals surface area contributed by atoms with Gasteiger partial charge in [-0.1, -0.05) is 6.92 Å². The maximum atomic E-state index is 13.8. The van der Waals surface area contributed by atoms with E-state index in [9.17, 15) is 4.39 Å². The van der Waals surface area contributed by atoms with Gasteiger partial charge in [-0.25, -0.2) is 4.39 Å². The zero-order valence-electron chi connectivity index (χ0n) is 9.93. The monoisotopic (exact) mass is 299 g/mol. The summed E-state index contributed by atoms with van der Waals surface area (Å²) in [6.07, 6.45) is 0. The molecule has 0 unspecified atom stereocenters. The minimum absolute atomic E-state index is 0.217. The first-order valence-electron chi connectivity index (χ1n) is 5.40. The molecule has 92 valence electrons. The van der Waals surface area contributed by atoms with Crippen molar-refractivity contribution in [2.75, 3.05) is 32.0 Å². The minimum atomic E-state index is -0.414. The van der Waals surface area contributed by atoms with Crippen molar-refractivity contribution in [3.63, 3.8) is 0 Å². The van der Waals surface area contributed by atoms with E-state index in [4.69, 9.17) is 5.26 Å². The molecule has 5 heteroatoms. The Kier molecular flexibility index (Phi) is 5.39. The van der Waals surface area contributed by atoms with E-state index in [1.54, 1.807) is 12.1 Å². The summed E-state index contributed by atoms with van der Waals surface area (Å²) >= 11 is 3.08. The van der Waals surface area contributed by atoms with Crippen LogP contribution >= 0.6 is 15.9 Å². The highest BCUT2D eigenvalue weighted by Gasteiger charge is 2.10. The molecule has 0 atom stereocenters. The minimum Gasteiger partial charge on any atom is -0.381 e. The van der Waals surface area contributed by atoms with E-state index in [0.29, 0.717) is 17.8 Å². The van der Waals surface area contributed by atoms with E-state index >= 15 is 0 Å². The molecule has 0 aliphatic heterocycles. The Morgan fingerprint density at radius 1 is 1.53 bits per heavy atom. The number of nitrogens with zero attached hydrogens (tertiary/aromatic N) is 2. The molecule has 0 heterocycles. The van der Waals surface area contributed by atoms with Crippen molar-refractivity contribution >= 4 is 21.6 Å². The van der Waals surface area contributed by atoms with E-state index < -0.39 is 5.82 Å². The van der Waals surface area contributed by atoms with Gasteiger partial charge in [0.2, 0.25) is 0 Å². The van der Waals surface area contributed by atoms with Crippen molar-refractivity contribution in [1.29, 1.82) is 5.26 Å². The average Bonchev–Trinajstić information content (AvgIpc) is 2.34. The van der Waals surface area contributed by atoms with Crippen LogP contribution < -0.4 is 5.32 Å². The number of hydrogen-bond donors (Lipinski definition) is 1. The molecular weight excluding hydrogens is 285 g/mol. The largest absolute Gasteiger partial charge is 0.381 e. The van der Waals surface area contributed by atoms with Crippen LogP contribution in [0.5, 0.6) is 0 Å². The molecule has 0 saturated heterocycles. The summed E-state index contributed by atoms with van der Waals surface area (Å²) in [5, 5.41) is 11.8. The van der Waals surface area contributed by atoms with Gasteiger partial charge in [-0.3, -0.25) is 0 Å². The third-order valence-corrected chi connectivity index (χ3v) is 3.33. The SMILES string of the molecule is CCN(C)CCNc1ccc(C#N)c(Br)c1F. The van der Waals surface area contributed by atoms with Crippen LogP contribution in [0.4, 0.5) is 10.1 Å². The van der Waals surface area contributed by atoms with Crippen LogP contribution in [-0.4, -0.2) is 31.6 Å². The Balaban J connectivity index is 2.67. The van der Waals surface area contributed by atoms with Gasteiger partial charge >= 0.3 is 0 Å². The highest BCUT2D eigenvalue weighted by molar-refractivity contribution is 9.10. The van der Waals surface area contributed by atoms with Crippen molar-refractivity contribution in [2.24, 2.45) is 0 Å². The Morgan fingerprint density at radius 3 is 2.82 bits per heavy atom. The molecule has 0 aliphatic rings. The predicted octanol–water partition coefficient (Wildman–Crippen LogP) is 2.82. The summed E-state index contributed by atoms with van der Waals surface area (Å²) in [5.41, 5.74) is 0.721. The zero-order valence-corrected chi connectivity index (χ0v) is 11.5. The first-order chi connectivity index (χ1) is 8.10. The standard InChI is InChI=1S/C12H15BrFN3/c1-3-17(2)7-6-16-10-5-4-9(8-15)11(13)12(10)14/h4-5,16H,3,6-7H2,1-2H3. The first kappa shape index (κ1) is 13.9. The van der Waals surface area contributed by atoms with Gasteiger partial charge in [0, 0.05) is 13.1 Å². The second kappa shape index (κ2) is 6.58. The lowest BCUT2D eigenvalue weighted by atomic mass is 10.2. The molecule has 17 heavy (non-hydrogen) atoms. The molecule has 0 aliphatic carbocycles. The summed E-state index contributed by atoms with van der Waals surface area (Å²) in [6.45, 7) is 4.53. The van der Waals surface area contributed by atoms with Gasteiger partial charge in [-0.2, -0.15) is 5.26 Å². The number of hydrogen-bond acceptors (Lipinski definition) is 3. The van der Waals surface area contributed by atoms with E-state index in [0.717, 1.165) is 13.1 Å². The van der Waals surface area contributed by atoms with Crippen LogP contribution in [-0.2, 0) is 0 Å². The van der Waals surface area contributed by atoms with Crippen molar-refractivity contribution in [3.05, 3.63) is 28.0 Å². The molecule has 0 saturated carbocycles. The molecule has 0 bridgehead atoms. The molecule has 3 nitrogen and oxygen atoms in total. The molecule has 0 amide bonds. The number of nitriles is 1. The Morgan fingerprint density at radius 2 is 2.24 bits per heavy atom. The molecule has 1 aromatic carbocycles. The Hall–Kier alpha value is -1.12. The summed E-state index contributed by atoms with van der Waals surface area (Å²) in [4.78, 5) is 2.13. The van der Waals surface area contributed by atoms with Crippen LogP contribution in [0.1, 0.15) is 12.5 Å². The topological polar surface area (TPSA) is 39.1 Å². The van der Waals surface area contributed by atoms with Crippen LogP contribution in [0.25, 0.3) is 0 Å². The van der Waals surface area contributed by atoms with Gasteiger partial charge in [0.1, 0.15) is 6.07 Å². The second-order valence-electron chi connectivity index (χ2n) is 3.72. The molecule has 0 radical (unpaired) electrons. The fourth-order valence-electron chi connectivity index (χ4n) is 1.31. The van der Waals surface area contributed by atoms with E-state index in [-0.39, 0.29) is 4.47 Å². The number of halogens is 2.